The lowest BCUT2D eigenvalue weighted by atomic mass is 9.98. The number of rotatable bonds is 5. The van der Waals surface area contributed by atoms with Crippen molar-refractivity contribution in [2.24, 2.45) is 0 Å². The molecule has 0 spiro atoms. The number of hydrogen-bond acceptors (Lipinski definition) is 8. The fourth-order valence-corrected chi connectivity index (χ4v) is 4.73. The number of anilines is 1. The quantitative estimate of drug-likeness (QED) is 0.475. The first-order valence-corrected chi connectivity index (χ1v) is 12.8. The van der Waals surface area contributed by atoms with Gasteiger partial charge in [-0.25, -0.2) is 4.79 Å². The van der Waals surface area contributed by atoms with Crippen molar-refractivity contribution in [3.05, 3.63) is 52.6 Å². The van der Waals surface area contributed by atoms with Crippen molar-refractivity contribution in [3.8, 4) is 11.5 Å². The molecule has 2 aromatic carbocycles. The molecule has 0 radical (unpaired) electrons. The minimum atomic E-state index is -0.683. The summed E-state index contributed by atoms with van der Waals surface area (Å²) in [6.07, 6.45) is 0.934. The molecule has 0 unspecified atom stereocenters. The first-order valence-electron chi connectivity index (χ1n) is 12.8. The number of hydroxylamine groups is 2. The second-order valence-corrected chi connectivity index (χ2v) is 11.1. The first kappa shape index (κ1) is 26.6. The summed E-state index contributed by atoms with van der Waals surface area (Å²) in [5, 5.41) is 25.6. The highest BCUT2D eigenvalue weighted by molar-refractivity contribution is 5.97. The topological polar surface area (TPSA) is 112 Å². The number of ether oxygens (including phenoxy) is 1. The molecule has 4 rings (SSSR count). The van der Waals surface area contributed by atoms with Gasteiger partial charge in [-0.2, -0.15) is 0 Å². The van der Waals surface area contributed by atoms with Crippen LogP contribution in [0.2, 0.25) is 0 Å². The summed E-state index contributed by atoms with van der Waals surface area (Å²) in [4.78, 5) is 32.1. The standard InChI is InChI=1S/C28H37N3O6/c1-17(2)22-13-23(25(33)14-24(22)32)26(34)30-15-18-6-7-21(12-19(18)16-30)29-20-8-10-31(11-9-20)37-27(35)36-28(3,4)5/h6-7,12-14,17,20,29,32-33H,8-11,15-16H2,1-5H3. The van der Waals surface area contributed by atoms with E-state index < -0.39 is 11.8 Å². The molecule has 1 amide bonds. The van der Waals surface area contributed by atoms with E-state index in [9.17, 15) is 19.8 Å². The second kappa shape index (κ2) is 10.5. The Morgan fingerprint density at radius 3 is 2.32 bits per heavy atom. The lowest BCUT2D eigenvalue weighted by Crippen LogP contribution is -2.41. The fraction of sp³-hybridized carbons (Fsp3) is 0.500. The van der Waals surface area contributed by atoms with Gasteiger partial charge in [-0.1, -0.05) is 19.9 Å². The highest BCUT2D eigenvalue weighted by Gasteiger charge is 2.29. The lowest BCUT2D eigenvalue weighted by Gasteiger charge is -2.32. The lowest BCUT2D eigenvalue weighted by molar-refractivity contribution is -0.151. The van der Waals surface area contributed by atoms with Crippen molar-refractivity contribution in [1.82, 2.24) is 9.96 Å². The number of piperidine rings is 1. The number of amides is 1. The molecule has 0 bridgehead atoms. The molecule has 9 nitrogen and oxygen atoms in total. The van der Waals surface area contributed by atoms with Crippen molar-refractivity contribution in [1.29, 1.82) is 0 Å². The van der Waals surface area contributed by atoms with Gasteiger partial charge in [0.1, 0.15) is 17.1 Å². The van der Waals surface area contributed by atoms with Crippen LogP contribution in [0.1, 0.15) is 80.4 Å². The molecule has 2 aliphatic heterocycles. The summed E-state index contributed by atoms with van der Waals surface area (Å²) >= 11 is 0. The monoisotopic (exact) mass is 511 g/mol. The Morgan fingerprint density at radius 2 is 1.68 bits per heavy atom. The highest BCUT2D eigenvalue weighted by Crippen LogP contribution is 2.35. The highest BCUT2D eigenvalue weighted by atomic mass is 16.8. The Kier molecular flexibility index (Phi) is 7.54. The maximum absolute atomic E-state index is 13.2. The summed E-state index contributed by atoms with van der Waals surface area (Å²) < 4.78 is 5.22. The van der Waals surface area contributed by atoms with E-state index in [0.717, 1.165) is 29.7 Å². The minimum absolute atomic E-state index is 0.00768. The van der Waals surface area contributed by atoms with Gasteiger partial charge in [0, 0.05) is 44.0 Å². The van der Waals surface area contributed by atoms with Gasteiger partial charge in [0.2, 0.25) is 0 Å². The van der Waals surface area contributed by atoms with Crippen molar-refractivity contribution in [3.63, 3.8) is 0 Å². The number of aromatic hydroxyl groups is 2. The van der Waals surface area contributed by atoms with Crippen molar-refractivity contribution >= 4 is 17.7 Å². The molecule has 2 heterocycles. The normalized spacial score (nSPS) is 16.5. The van der Waals surface area contributed by atoms with Gasteiger partial charge in [-0.05, 0) is 74.4 Å². The Hall–Kier alpha value is -3.46. The second-order valence-electron chi connectivity index (χ2n) is 11.1. The number of phenolic OH excluding ortho intramolecular Hbond substituents is 2. The number of phenols is 2. The molecule has 0 saturated carbocycles. The van der Waals surface area contributed by atoms with E-state index in [0.29, 0.717) is 31.7 Å². The summed E-state index contributed by atoms with van der Waals surface area (Å²) in [6, 6.07) is 9.19. The van der Waals surface area contributed by atoms with Crippen LogP contribution in [0.4, 0.5) is 10.5 Å². The van der Waals surface area contributed by atoms with E-state index in [1.54, 1.807) is 36.8 Å². The molecule has 1 saturated heterocycles. The van der Waals surface area contributed by atoms with Gasteiger partial charge in [0.15, 0.2) is 0 Å². The average Bonchev–Trinajstić information content (AvgIpc) is 3.22. The summed E-state index contributed by atoms with van der Waals surface area (Å²) in [7, 11) is 0. The molecule has 0 atom stereocenters. The van der Waals surface area contributed by atoms with E-state index >= 15 is 0 Å². The van der Waals surface area contributed by atoms with Crippen LogP contribution in [0.5, 0.6) is 11.5 Å². The zero-order valence-electron chi connectivity index (χ0n) is 22.2. The van der Waals surface area contributed by atoms with Crippen molar-refractivity contribution in [2.45, 2.75) is 78.1 Å². The maximum atomic E-state index is 13.2. The molecule has 37 heavy (non-hydrogen) atoms. The smallest absolute Gasteiger partial charge is 0.508 e. The Balaban J connectivity index is 1.34. The number of carbonyl (C=O) groups excluding carboxylic acids is 2. The van der Waals surface area contributed by atoms with E-state index in [4.69, 9.17) is 9.57 Å². The van der Waals surface area contributed by atoms with Gasteiger partial charge in [0.05, 0.1) is 5.56 Å². The fourth-order valence-electron chi connectivity index (χ4n) is 4.73. The zero-order valence-corrected chi connectivity index (χ0v) is 22.2. The number of nitrogens with zero attached hydrogens (tertiary/aromatic N) is 2. The first-order chi connectivity index (χ1) is 17.4. The largest absolute Gasteiger partial charge is 0.528 e. The van der Waals surface area contributed by atoms with Crippen LogP contribution in [0.3, 0.4) is 0 Å². The Bertz CT molecular complexity index is 1170. The van der Waals surface area contributed by atoms with Gasteiger partial charge in [-0.15, -0.1) is 5.06 Å². The van der Waals surface area contributed by atoms with Crippen LogP contribution in [-0.4, -0.2) is 57.0 Å². The van der Waals surface area contributed by atoms with Crippen LogP contribution in [0, 0.1) is 0 Å². The van der Waals surface area contributed by atoms with E-state index in [1.165, 1.54) is 6.07 Å². The Morgan fingerprint density at radius 1 is 1.00 bits per heavy atom. The van der Waals surface area contributed by atoms with Gasteiger partial charge >= 0.3 is 6.16 Å². The number of nitrogens with one attached hydrogen (secondary N) is 1. The summed E-state index contributed by atoms with van der Waals surface area (Å²) in [6.45, 7) is 11.4. The number of benzene rings is 2. The zero-order chi connectivity index (χ0) is 26.9. The molecule has 0 aromatic heterocycles. The van der Waals surface area contributed by atoms with Gasteiger partial charge in [0.25, 0.3) is 5.91 Å². The molecule has 200 valence electrons. The van der Waals surface area contributed by atoms with E-state index in [2.05, 4.69) is 11.4 Å². The van der Waals surface area contributed by atoms with Gasteiger partial charge < -0.3 is 30.0 Å². The molecular weight excluding hydrogens is 474 g/mol. The van der Waals surface area contributed by atoms with Crippen LogP contribution >= 0.6 is 0 Å². The maximum Gasteiger partial charge on any atom is 0.528 e. The molecule has 1 fully saturated rings. The van der Waals surface area contributed by atoms with Crippen LogP contribution < -0.4 is 5.32 Å². The van der Waals surface area contributed by atoms with Crippen molar-refractivity contribution in [2.75, 3.05) is 18.4 Å². The molecule has 9 heteroatoms. The molecule has 2 aliphatic rings. The van der Waals surface area contributed by atoms with Crippen molar-refractivity contribution < 1.29 is 29.4 Å². The van der Waals surface area contributed by atoms with E-state index in [-0.39, 0.29) is 34.9 Å². The average molecular weight is 512 g/mol. The van der Waals surface area contributed by atoms with E-state index in [1.807, 2.05) is 26.0 Å². The van der Waals surface area contributed by atoms with Gasteiger partial charge in [-0.3, -0.25) is 4.79 Å². The number of carbonyl (C=O) groups is 2. The predicted molar refractivity (Wildman–Crippen MR) is 139 cm³/mol. The van der Waals surface area contributed by atoms with Crippen LogP contribution in [0.25, 0.3) is 0 Å². The molecule has 2 aromatic rings. The number of hydrogen-bond donors (Lipinski definition) is 3. The SMILES string of the molecule is CC(C)c1cc(C(=O)N2Cc3ccc(NC4CCN(OC(=O)OC(C)(C)C)CC4)cc3C2)c(O)cc1O. The predicted octanol–water partition coefficient (Wildman–Crippen LogP) is 5.12. The molecule has 0 aliphatic carbocycles. The summed E-state index contributed by atoms with van der Waals surface area (Å²) in [5.74, 6) is -0.464. The van der Waals surface area contributed by atoms with Crippen LogP contribution in [-0.2, 0) is 22.7 Å². The minimum Gasteiger partial charge on any atom is -0.508 e. The van der Waals surface area contributed by atoms with Crippen LogP contribution in [0.15, 0.2) is 30.3 Å². The Labute approximate surface area is 217 Å². The molecule has 3 N–H and O–H groups in total. The molecular formula is C28H37N3O6. The third-order valence-electron chi connectivity index (χ3n) is 6.63. The third kappa shape index (κ3) is 6.46. The number of fused-ring (bicyclic) bond motifs is 1. The third-order valence-corrected chi connectivity index (χ3v) is 6.63. The summed E-state index contributed by atoms with van der Waals surface area (Å²) in [5.41, 5.74) is 3.36.